The van der Waals surface area contributed by atoms with E-state index in [2.05, 4.69) is 174 Å². The molecule has 5 atom stereocenters. The molecule has 0 bridgehead atoms. The van der Waals surface area contributed by atoms with Crippen molar-refractivity contribution >= 4 is 39.5 Å². The van der Waals surface area contributed by atoms with Gasteiger partial charge in [0.2, 0.25) is 0 Å². The van der Waals surface area contributed by atoms with Crippen molar-refractivity contribution in [3.63, 3.8) is 0 Å². The summed E-state index contributed by atoms with van der Waals surface area (Å²) in [7, 11) is -9.99. The zero-order chi connectivity index (χ0) is 77.4. The second-order valence-electron chi connectivity index (χ2n) is 26.9. The largest absolute Gasteiger partial charge is 0.472 e. The molecule has 0 aliphatic heterocycles. The van der Waals surface area contributed by atoms with Crippen LogP contribution >= 0.6 is 15.6 Å². The molecule has 0 aromatic heterocycles. The predicted octanol–water partition coefficient (Wildman–Crippen LogP) is 24.2. The van der Waals surface area contributed by atoms with Gasteiger partial charge in [-0.15, -0.1) is 0 Å². The maximum absolute atomic E-state index is 13.1. The minimum absolute atomic E-state index is 0.0549. The molecule has 0 aliphatic rings. The molecule has 3 N–H and O–H groups in total. The number of hydrogen-bond donors (Lipinski definition) is 3. The molecule has 0 fully saturated rings. The Morgan fingerprint density at radius 1 is 0.274 bits per heavy atom. The molecule has 106 heavy (non-hydrogen) atoms. The van der Waals surface area contributed by atoms with E-state index in [1.165, 1.54) is 64.2 Å². The topological polar surface area (TPSA) is 237 Å². The van der Waals surface area contributed by atoms with Gasteiger partial charge in [-0.3, -0.25) is 37.3 Å². The molecule has 0 spiro atoms. The highest BCUT2D eigenvalue weighted by molar-refractivity contribution is 7.47. The van der Waals surface area contributed by atoms with Crippen LogP contribution in [-0.2, 0) is 65.4 Å². The summed E-state index contributed by atoms with van der Waals surface area (Å²) in [6.45, 7) is 4.48. The Hall–Kier alpha value is -5.06. The normalized spacial score (nSPS) is 14.6. The van der Waals surface area contributed by atoms with Crippen LogP contribution in [0.1, 0.15) is 323 Å². The monoisotopic (exact) mass is 1530 g/mol. The van der Waals surface area contributed by atoms with Gasteiger partial charge < -0.3 is 33.8 Å². The van der Waals surface area contributed by atoms with Crippen LogP contribution in [-0.4, -0.2) is 96.7 Å². The Kier molecular flexibility index (Phi) is 74.3. The standard InChI is InChI=1S/C87H146O17P2/c1-5-9-13-17-21-25-29-33-37-39-40-42-45-48-52-56-60-64-68-72-85(90)98-78-83(104-87(92)74-70-66-62-58-54-50-46-41-38-34-30-26-22-18-14-10-6-2)80-102-106(95,96)100-76-81(88)75-99-105(93,94)101-79-82(103-86(91)73-69-65-61-57-53-49-44-36-32-28-24-20-16-12-8-4)77-97-84(89)71-67-63-59-55-51-47-43-35-31-27-23-19-15-11-7-3/h9-11,13-15,21-23,25-27,33-35,37-38,40,42-43,46,48,50,52,81-83,88H,5-8,12,16-20,24,28-32,36,39,41,44-45,47,49,51,53-80H2,1-4H3,(H,93,94)(H,95,96)/b13-9-,14-10-,15-11-,25-21-,26-22-,27-23-,37-33-,38-34-,42-40-,43-35-,50-46-,52-48-. The molecule has 19 heteroatoms. The van der Waals surface area contributed by atoms with E-state index in [0.717, 1.165) is 180 Å². The lowest BCUT2D eigenvalue weighted by Crippen LogP contribution is -2.30. The second kappa shape index (κ2) is 78.1. The molecule has 0 aromatic carbocycles. The van der Waals surface area contributed by atoms with Gasteiger partial charge >= 0.3 is 39.5 Å². The molecule has 0 saturated heterocycles. The first-order chi connectivity index (χ1) is 51.7. The molecule has 0 amide bonds. The van der Waals surface area contributed by atoms with Crippen molar-refractivity contribution < 1.29 is 80.2 Å². The van der Waals surface area contributed by atoms with Crippen molar-refractivity contribution in [1.82, 2.24) is 0 Å². The molecule has 0 heterocycles. The van der Waals surface area contributed by atoms with Gasteiger partial charge in [0, 0.05) is 25.7 Å². The summed E-state index contributed by atoms with van der Waals surface area (Å²) < 4.78 is 68.7. The molecule has 17 nitrogen and oxygen atoms in total. The van der Waals surface area contributed by atoms with E-state index in [9.17, 15) is 43.2 Å². The van der Waals surface area contributed by atoms with Crippen LogP contribution in [0.25, 0.3) is 0 Å². The first-order valence-corrected chi connectivity index (χ1v) is 44.1. The van der Waals surface area contributed by atoms with Gasteiger partial charge in [-0.1, -0.05) is 302 Å². The summed E-state index contributed by atoms with van der Waals surface area (Å²) in [6.07, 6.45) is 89.6. The Bertz CT molecular complexity index is 2580. The van der Waals surface area contributed by atoms with E-state index in [-0.39, 0.29) is 25.7 Å². The molecule has 5 unspecified atom stereocenters. The number of esters is 4. The third-order valence-corrected chi connectivity index (χ3v) is 18.7. The maximum atomic E-state index is 13.1. The van der Waals surface area contributed by atoms with Crippen LogP contribution in [0, 0.1) is 0 Å². The lowest BCUT2D eigenvalue weighted by atomic mass is 10.0. The van der Waals surface area contributed by atoms with Crippen LogP contribution in [0.15, 0.2) is 146 Å². The van der Waals surface area contributed by atoms with Crippen molar-refractivity contribution in [2.45, 2.75) is 341 Å². The fraction of sp³-hybridized carbons (Fsp3) is 0.678. The van der Waals surface area contributed by atoms with Crippen molar-refractivity contribution in [3.05, 3.63) is 146 Å². The van der Waals surface area contributed by atoms with Gasteiger partial charge in [0.05, 0.1) is 26.4 Å². The van der Waals surface area contributed by atoms with Gasteiger partial charge in [-0.05, 0) is 141 Å². The lowest BCUT2D eigenvalue weighted by molar-refractivity contribution is -0.161. The number of unbranched alkanes of at least 4 members (excludes halogenated alkanes) is 26. The molecule has 606 valence electrons. The average molecular weight is 1530 g/mol. The Balaban J connectivity index is 5.44. The van der Waals surface area contributed by atoms with Crippen LogP contribution in [0.3, 0.4) is 0 Å². The number of carbonyl (C=O) groups excluding carboxylic acids is 4. The van der Waals surface area contributed by atoms with E-state index in [4.69, 9.17) is 37.0 Å². The number of hydrogen-bond acceptors (Lipinski definition) is 15. The minimum atomic E-state index is -5.00. The fourth-order valence-electron chi connectivity index (χ4n) is 10.7. The van der Waals surface area contributed by atoms with Crippen LogP contribution < -0.4 is 0 Å². The molecule has 0 aliphatic carbocycles. The summed E-state index contributed by atoms with van der Waals surface area (Å²) in [5, 5.41) is 10.7. The van der Waals surface area contributed by atoms with Crippen LogP contribution in [0.4, 0.5) is 0 Å². The van der Waals surface area contributed by atoms with Crippen molar-refractivity contribution in [2.75, 3.05) is 39.6 Å². The number of carbonyl (C=O) groups is 4. The Morgan fingerprint density at radius 2 is 0.491 bits per heavy atom. The summed E-state index contributed by atoms with van der Waals surface area (Å²) in [6, 6.07) is 0. The summed E-state index contributed by atoms with van der Waals surface area (Å²) in [4.78, 5) is 73.1. The fourth-order valence-corrected chi connectivity index (χ4v) is 12.2. The highest BCUT2D eigenvalue weighted by atomic mass is 31.2. The Morgan fingerprint density at radius 3 is 0.764 bits per heavy atom. The van der Waals surface area contributed by atoms with Crippen LogP contribution in [0.5, 0.6) is 0 Å². The van der Waals surface area contributed by atoms with Gasteiger partial charge in [0.15, 0.2) is 12.2 Å². The molecule has 0 saturated carbocycles. The quantitative estimate of drug-likeness (QED) is 0.0169. The number of ether oxygens (including phenoxy) is 4. The second-order valence-corrected chi connectivity index (χ2v) is 29.8. The zero-order valence-corrected chi connectivity index (χ0v) is 68.1. The van der Waals surface area contributed by atoms with E-state index < -0.39 is 97.5 Å². The van der Waals surface area contributed by atoms with Gasteiger partial charge in [0.25, 0.3) is 0 Å². The van der Waals surface area contributed by atoms with E-state index in [1.807, 2.05) is 0 Å². The molecular formula is C87H146O17P2. The Labute approximate surface area is 643 Å². The third-order valence-electron chi connectivity index (χ3n) is 16.8. The van der Waals surface area contributed by atoms with Crippen LogP contribution in [0.2, 0.25) is 0 Å². The first-order valence-electron chi connectivity index (χ1n) is 41.1. The van der Waals surface area contributed by atoms with Gasteiger partial charge in [-0.2, -0.15) is 0 Å². The SMILES string of the molecule is CC/C=C\C/C=C\C/C=C\C/C=C\C/C=C\CCCCCC(=O)OCC(COP(=O)(O)OCC(O)COP(=O)(O)OCC(COC(=O)CCCCCCC/C=C\C/C=C\C/C=C\CC)OC(=O)CCCCCCCCCCCCCCCCC)OC(=O)CCCCCC/C=C\C/C=C\C/C=C\C/C=C\CC. The van der Waals surface area contributed by atoms with Gasteiger partial charge in [0.1, 0.15) is 19.3 Å². The molecular weight excluding hydrogens is 1380 g/mol. The summed E-state index contributed by atoms with van der Waals surface area (Å²) in [5.41, 5.74) is 0. The number of rotatable bonds is 76. The predicted molar refractivity (Wildman–Crippen MR) is 436 cm³/mol. The van der Waals surface area contributed by atoms with Crippen molar-refractivity contribution in [1.29, 1.82) is 0 Å². The number of aliphatic hydroxyl groups excluding tert-OH is 1. The first kappa shape index (κ1) is 101. The highest BCUT2D eigenvalue weighted by Crippen LogP contribution is 2.45. The average Bonchev–Trinajstić information content (AvgIpc) is 0.902. The van der Waals surface area contributed by atoms with E-state index >= 15 is 0 Å². The lowest BCUT2D eigenvalue weighted by Gasteiger charge is -2.21. The highest BCUT2D eigenvalue weighted by Gasteiger charge is 2.30. The van der Waals surface area contributed by atoms with Crippen molar-refractivity contribution in [3.8, 4) is 0 Å². The summed E-state index contributed by atoms with van der Waals surface area (Å²) >= 11 is 0. The minimum Gasteiger partial charge on any atom is -0.462 e. The number of phosphoric ester groups is 2. The summed E-state index contributed by atoms with van der Waals surface area (Å²) in [5.74, 6) is -2.25. The van der Waals surface area contributed by atoms with E-state index in [0.29, 0.717) is 25.7 Å². The molecule has 0 aromatic rings. The zero-order valence-electron chi connectivity index (χ0n) is 66.3. The number of aliphatic hydroxyl groups is 1. The van der Waals surface area contributed by atoms with E-state index in [1.54, 1.807) is 0 Å². The van der Waals surface area contributed by atoms with Gasteiger partial charge in [-0.25, -0.2) is 9.13 Å². The molecule has 0 radical (unpaired) electrons. The molecule has 0 rings (SSSR count). The third kappa shape index (κ3) is 77.1. The smallest absolute Gasteiger partial charge is 0.462 e. The maximum Gasteiger partial charge on any atom is 0.472 e. The number of allylic oxidation sites excluding steroid dienone is 24. The number of phosphoric acid groups is 2. The van der Waals surface area contributed by atoms with Crippen molar-refractivity contribution in [2.24, 2.45) is 0 Å².